The van der Waals surface area contributed by atoms with E-state index >= 15 is 0 Å². The molecule has 0 heterocycles. The van der Waals surface area contributed by atoms with Gasteiger partial charge in [-0.15, -0.1) is 0 Å². The van der Waals surface area contributed by atoms with Crippen molar-refractivity contribution in [3.8, 4) is 0 Å². The highest BCUT2D eigenvalue weighted by atomic mass is 35.5. The van der Waals surface area contributed by atoms with Gasteiger partial charge in [-0.2, -0.15) is 0 Å². The van der Waals surface area contributed by atoms with Crippen LogP contribution in [0.3, 0.4) is 0 Å². The molecule has 0 aliphatic rings. The lowest BCUT2D eigenvalue weighted by Crippen LogP contribution is -2.26. The molecule has 0 aliphatic heterocycles. The highest BCUT2D eigenvalue weighted by Crippen LogP contribution is 2.25. The minimum atomic E-state index is -3.45. The number of benzene rings is 2. The molecule has 0 fully saturated rings. The van der Waals surface area contributed by atoms with E-state index in [0.29, 0.717) is 21.3 Å². The SMILES string of the molecule is CN(c1ccc(Cl)c(C(=O)NCc2ccc(Cl)cc2Cl)c1)S(C)(=O)=O. The molecule has 25 heavy (non-hydrogen) atoms. The number of carbonyl (C=O) groups excluding carboxylic acids is 1. The predicted molar refractivity (Wildman–Crippen MR) is 102 cm³/mol. The first-order valence-electron chi connectivity index (χ1n) is 7.05. The van der Waals surface area contributed by atoms with Crippen molar-refractivity contribution >= 4 is 56.4 Å². The maximum atomic E-state index is 12.4. The Balaban J connectivity index is 2.21. The van der Waals surface area contributed by atoms with E-state index in [2.05, 4.69) is 5.32 Å². The third-order valence-electron chi connectivity index (χ3n) is 3.51. The van der Waals surface area contributed by atoms with E-state index in [-0.39, 0.29) is 17.1 Å². The number of hydrogen-bond donors (Lipinski definition) is 1. The Bertz CT molecular complexity index is 917. The lowest BCUT2D eigenvalue weighted by Gasteiger charge is -2.18. The smallest absolute Gasteiger partial charge is 0.253 e. The van der Waals surface area contributed by atoms with Gasteiger partial charge in [-0.05, 0) is 35.9 Å². The molecule has 0 aliphatic carbocycles. The number of anilines is 1. The summed E-state index contributed by atoms with van der Waals surface area (Å²) >= 11 is 18.0. The summed E-state index contributed by atoms with van der Waals surface area (Å²) in [6, 6.07) is 9.38. The third-order valence-corrected chi connectivity index (χ3v) is 5.63. The van der Waals surface area contributed by atoms with Gasteiger partial charge in [-0.3, -0.25) is 9.10 Å². The minimum Gasteiger partial charge on any atom is -0.348 e. The van der Waals surface area contributed by atoms with E-state index in [4.69, 9.17) is 34.8 Å². The summed E-state index contributed by atoms with van der Waals surface area (Å²) in [5, 5.41) is 3.85. The molecule has 0 unspecified atom stereocenters. The number of hydrogen-bond acceptors (Lipinski definition) is 3. The number of nitrogens with zero attached hydrogens (tertiary/aromatic N) is 1. The summed E-state index contributed by atoms with van der Waals surface area (Å²) in [6.07, 6.45) is 1.07. The van der Waals surface area contributed by atoms with Gasteiger partial charge >= 0.3 is 0 Å². The van der Waals surface area contributed by atoms with Crippen LogP contribution in [-0.2, 0) is 16.6 Å². The van der Waals surface area contributed by atoms with Crippen LogP contribution >= 0.6 is 34.8 Å². The minimum absolute atomic E-state index is 0.166. The molecule has 0 radical (unpaired) electrons. The summed E-state index contributed by atoms with van der Waals surface area (Å²) in [6.45, 7) is 0.178. The molecule has 0 saturated carbocycles. The molecule has 2 aromatic carbocycles. The van der Waals surface area contributed by atoms with E-state index in [1.54, 1.807) is 18.2 Å². The zero-order valence-electron chi connectivity index (χ0n) is 13.4. The first kappa shape index (κ1) is 19.8. The summed E-state index contributed by atoms with van der Waals surface area (Å²) in [5.74, 6) is -0.445. The Morgan fingerprint density at radius 2 is 1.76 bits per heavy atom. The average molecular weight is 422 g/mol. The summed E-state index contributed by atoms with van der Waals surface area (Å²) < 4.78 is 24.3. The zero-order chi connectivity index (χ0) is 18.8. The highest BCUT2D eigenvalue weighted by molar-refractivity contribution is 7.92. The molecular weight excluding hydrogens is 407 g/mol. The van der Waals surface area contributed by atoms with E-state index in [1.807, 2.05) is 0 Å². The van der Waals surface area contributed by atoms with Gasteiger partial charge < -0.3 is 5.32 Å². The maximum Gasteiger partial charge on any atom is 0.253 e. The van der Waals surface area contributed by atoms with Crippen molar-refractivity contribution in [2.24, 2.45) is 0 Å². The van der Waals surface area contributed by atoms with E-state index in [0.717, 1.165) is 10.6 Å². The van der Waals surface area contributed by atoms with Gasteiger partial charge in [0.25, 0.3) is 5.91 Å². The lowest BCUT2D eigenvalue weighted by atomic mass is 10.1. The molecule has 1 N–H and O–H groups in total. The van der Waals surface area contributed by atoms with Crippen LogP contribution in [0.15, 0.2) is 36.4 Å². The van der Waals surface area contributed by atoms with Crippen molar-refractivity contribution in [3.05, 3.63) is 62.6 Å². The molecular formula is C16H15Cl3N2O3S. The predicted octanol–water partition coefficient (Wildman–Crippen LogP) is 3.97. The average Bonchev–Trinajstić information content (AvgIpc) is 2.52. The monoisotopic (exact) mass is 420 g/mol. The van der Waals surface area contributed by atoms with Crippen molar-refractivity contribution in [1.29, 1.82) is 0 Å². The van der Waals surface area contributed by atoms with Gasteiger partial charge in [0.2, 0.25) is 10.0 Å². The first-order valence-corrected chi connectivity index (χ1v) is 10.0. The van der Waals surface area contributed by atoms with Gasteiger partial charge in [0.1, 0.15) is 0 Å². The van der Waals surface area contributed by atoms with Gasteiger partial charge in [-0.1, -0.05) is 40.9 Å². The van der Waals surface area contributed by atoms with Crippen LogP contribution in [-0.4, -0.2) is 27.6 Å². The van der Waals surface area contributed by atoms with Crippen LogP contribution < -0.4 is 9.62 Å². The number of carbonyl (C=O) groups is 1. The Labute approximate surface area is 161 Å². The Morgan fingerprint density at radius 3 is 2.36 bits per heavy atom. The van der Waals surface area contributed by atoms with E-state index < -0.39 is 15.9 Å². The number of nitrogens with one attached hydrogen (secondary N) is 1. The molecule has 5 nitrogen and oxygen atoms in total. The molecule has 0 saturated heterocycles. The number of sulfonamides is 1. The number of amides is 1. The van der Waals surface area contributed by atoms with Crippen molar-refractivity contribution in [2.45, 2.75) is 6.54 Å². The highest BCUT2D eigenvalue weighted by Gasteiger charge is 2.17. The van der Waals surface area contributed by atoms with Crippen molar-refractivity contribution < 1.29 is 13.2 Å². The second-order valence-electron chi connectivity index (χ2n) is 5.31. The summed E-state index contributed by atoms with van der Waals surface area (Å²) in [5.41, 5.74) is 1.20. The molecule has 2 rings (SSSR count). The van der Waals surface area contributed by atoms with Crippen LogP contribution in [0.2, 0.25) is 15.1 Å². The van der Waals surface area contributed by atoms with Crippen LogP contribution in [0.4, 0.5) is 5.69 Å². The van der Waals surface area contributed by atoms with Gasteiger partial charge in [0.15, 0.2) is 0 Å². The number of halogens is 3. The fourth-order valence-corrected chi connectivity index (χ4v) is 3.19. The maximum absolute atomic E-state index is 12.4. The van der Waals surface area contributed by atoms with Gasteiger partial charge in [0.05, 0.1) is 22.5 Å². The fraction of sp³-hybridized carbons (Fsp3) is 0.188. The van der Waals surface area contributed by atoms with E-state index in [9.17, 15) is 13.2 Å². The topological polar surface area (TPSA) is 66.5 Å². The molecule has 134 valence electrons. The van der Waals surface area contributed by atoms with Crippen molar-refractivity contribution in [1.82, 2.24) is 5.32 Å². The largest absolute Gasteiger partial charge is 0.348 e. The van der Waals surface area contributed by atoms with Crippen LogP contribution in [0, 0.1) is 0 Å². The third kappa shape index (κ3) is 5.01. The Kier molecular flexibility index (Phi) is 6.21. The molecule has 0 atom stereocenters. The normalized spacial score (nSPS) is 11.2. The van der Waals surface area contributed by atoms with Crippen LogP contribution in [0.5, 0.6) is 0 Å². The number of rotatable bonds is 5. The quantitative estimate of drug-likeness (QED) is 0.794. The molecule has 9 heteroatoms. The molecule has 0 spiro atoms. The molecule has 2 aromatic rings. The molecule has 1 amide bonds. The Hall–Kier alpha value is -1.47. The standard InChI is InChI=1S/C16H15Cl3N2O3S/c1-21(25(2,23)24)12-5-6-14(18)13(8-12)16(22)20-9-10-3-4-11(17)7-15(10)19/h3-8H,9H2,1-2H3,(H,20,22). The second-order valence-corrected chi connectivity index (χ2v) is 8.58. The molecule has 0 aromatic heterocycles. The fourth-order valence-electron chi connectivity index (χ4n) is 2.01. The van der Waals surface area contributed by atoms with Crippen LogP contribution in [0.1, 0.15) is 15.9 Å². The van der Waals surface area contributed by atoms with Crippen LogP contribution in [0.25, 0.3) is 0 Å². The lowest BCUT2D eigenvalue weighted by molar-refractivity contribution is 0.0951. The van der Waals surface area contributed by atoms with Crippen molar-refractivity contribution in [2.75, 3.05) is 17.6 Å². The van der Waals surface area contributed by atoms with Crippen molar-refractivity contribution in [3.63, 3.8) is 0 Å². The first-order chi connectivity index (χ1) is 11.6. The summed E-state index contributed by atoms with van der Waals surface area (Å²) in [7, 11) is -2.05. The second kappa shape index (κ2) is 7.83. The van der Waals surface area contributed by atoms with E-state index in [1.165, 1.54) is 25.2 Å². The molecule has 0 bridgehead atoms. The zero-order valence-corrected chi connectivity index (χ0v) is 16.5. The summed E-state index contributed by atoms with van der Waals surface area (Å²) in [4.78, 5) is 12.4. The van der Waals surface area contributed by atoms with Gasteiger partial charge in [0, 0.05) is 23.6 Å². The Morgan fingerprint density at radius 1 is 1.08 bits per heavy atom. The van der Waals surface area contributed by atoms with Gasteiger partial charge in [-0.25, -0.2) is 8.42 Å².